The minimum absolute atomic E-state index is 0.100. The van der Waals surface area contributed by atoms with E-state index < -0.39 is 0 Å². The van der Waals surface area contributed by atoms with E-state index in [0.717, 1.165) is 62.0 Å². The van der Waals surface area contributed by atoms with Crippen molar-refractivity contribution in [2.75, 3.05) is 31.1 Å². The lowest BCUT2D eigenvalue weighted by atomic mass is 9.94. The van der Waals surface area contributed by atoms with Crippen LogP contribution >= 0.6 is 0 Å². The number of halogens is 1. The first-order valence-electron chi connectivity index (χ1n) is 10.5. The van der Waals surface area contributed by atoms with Crippen LogP contribution in [0.3, 0.4) is 0 Å². The molecular formula is C22H27FN4O. The molecule has 1 N–H and O–H groups in total. The number of hydrogen-bond acceptors (Lipinski definition) is 3. The van der Waals surface area contributed by atoms with Crippen LogP contribution in [0.5, 0.6) is 0 Å². The molecule has 1 saturated carbocycles. The van der Waals surface area contributed by atoms with Gasteiger partial charge in [-0.2, -0.15) is 5.10 Å². The van der Waals surface area contributed by atoms with Crippen LogP contribution in [0.2, 0.25) is 0 Å². The highest BCUT2D eigenvalue weighted by Gasteiger charge is 2.40. The fourth-order valence-electron chi connectivity index (χ4n) is 5.39. The zero-order chi connectivity index (χ0) is 19.1. The Bertz CT molecular complexity index is 832. The number of piperidine rings is 1. The zero-order valence-electron chi connectivity index (χ0n) is 16.1. The number of benzene rings is 1. The summed E-state index contributed by atoms with van der Waals surface area (Å²) in [6.07, 6.45) is 9.00. The van der Waals surface area contributed by atoms with Crippen LogP contribution < -0.4 is 4.90 Å². The Morgan fingerprint density at radius 2 is 1.82 bits per heavy atom. The number of aromatic amines is 1. The summed E-state index contributed by atoms with van der Waals surface area (Å²) in [6, 6.07) is 5.35. The monoisotopic (exact) mass is 382 g/mol. The van der Waals surface area contributed by atoms with Crippen LogP contribution in [0.1, 0.15) is 32.1 Å². The molecule has 2 unspecified atom stereocenters. The number of likely N-dealkylation sites (tertiary alicyclic amines) is 1. The molecule has 1 amide bonds. The topological polar surface area (TPSA) is 52.2 Å². The number of fused-ring (bicyclic) bond motifs is 1. The lowest BCUT2D eigenvalue weighted by Gasteiger charge is -2.35. The van der Waals surface area contributed by atoms with Crippen molar-refractivity contribution in [2.24, 2.45) is 17.8 Å². The molecule has 2 saturated heterocycles. The van der Waals surface area contributed by atoms with Gasteiger partial charge in [0.1, 0.15) is 5.82 Å². The first kappa shape index (κ1) is 17.7. The molecule has 2 atom stereocenters. The molecule has 0 spiro atoms. The Morgan fingerprint density at radius 1 is 1.07 bits per heavy atom. The Balaban J connectivity index is 1.21. The number of H-pyrrole nitrogens is 1. The summed E-state index contributed by atoms with van der Waals surface area (Å²) in [4.78, 5) is 17.1. The Hall–Kier alpha value is -2.37. The second kappa shape index (κ2) is 7.22. The van der Waals surface area contributed by atoms with E-state index in [2.05, 4.69) is 20.0 Å². The van der Waals surface area contributed by atoms with E-state index in [1.54, 1.807) is 18.5 Å². The van der Waals surface area contributed by atoms with E-state index in [1.165, 1.54) is 19.3 Å². The summed E-state index contributed by atoms with van der Waals surface area (Å²) in [7, 11) is 0. The van der Waals surface area contributed by atoms with Crippen LogP contribution in [0, 0.1) is 23.6 Å². The number of aromatic nitrogens is 2. The molecule has 2 aliphatic heterocycles. The zero-order valence-corrected chi connectivity index (χ0v) is 16.1. The number of nitrogens with one attached hydrogen (secondary N) is 1. The van der Waals surface area contributed by atoms with E-state index in [1.807, 2.05) is 12.1 Å². The Labute approximate surface area is 164 Å². The minimum Gasteiger partial charge on any atom is -0.369 e. The van der Waals surface area contributed by atoms with Gasteiger partial charge < -0.3 is 9.80 Å². The van der Waals surface area contributed by atoms with Crippen LogP contribution in [-0.2, 0) is 4.79 Å². The van der Waals surface area contributed by atoms with Crippen molar-refractivity contribution in [3.05, 3.63) is 36.4 Å². The molecule has 1 aliphatic carbocycles. The van der Waals surface area contributed by atoms with Gasteiger partial charge >= 0.3 is 0 Å². The molecule has 1 aromatic heterocycles. The van der Waals surface area contributed by atoms with E-state index in [9.17, 15) is 9.18 Å². The van der Waals surface area contributed by atoms with Gasteiger partial charge in [0.2, 0.25) is 5.91 Å². The van der Waals surface area contributed by atoms with Crippen LogP contribution in [0.15, 0.2) is 30.6 Å². The number of nitrogens with zero attached hydrogens (tertiary/aromatic N) is 3. The smallest absolute Gasteiger partial charge is 0.225 e. The molecule has 1 aromatic carbocycles. The molecular weight excluding hydrogens is 355 g/mol. The molecule has 2 aromatic rings. The maximum atomic E-state index is 14.7. The summed E-state index contributed by atoms with van der Waals surface area (Å²) in [5.41, 5.74) is 2.33. The first-order valence-corrected chi connectivity index (χ1v) is 10.5. The second-order valence-corrected chi connectivity index (χ2v) is 8.61. The maximum Gasteiger partial charge on any atom is 0.225 e. The predicted octanol–water partition coefficient (Wildman–Crippen LogP) is 3.69. The highest BCUT2D eigenvalue weighted by molar-refractivity contribution is 5.79. The van der Waals surface area contributed by atoms with E-state index in [4.69, 9.17) is 0 Å². The van der Waals surface area contributed by atoms with Crippen molar-refractivity contribution >= 4 is 11.6 Å². The summed E-state index contributed by atoms with van der Waals surface area (Å²) in [5, 5.41) is 6.68. The van der Waals surface area contributed by atoms with Gasteiger partial charge in [-0.05, 0) is 55.2 Å². The molecule has 3 heterocycles. The highest BCUT2D eigenvalue weighted by atomic mass is 19.1. The quantitative estimate of drug-likeness (QED) is 0.881. The summed E-state index contributed by atoms with van der Waals surface area (Å²) >= 11 is 0. The predicted molar refractivity (Wildman–Crippen MR) is 106 cm³/mol. The third-order valence-electron chi connectivity index (χ3n) is 7.00. The lowest BCUT2D eigenvalue weighted by Crippen LogP contribution is -2.42. The molecule has 0 bridgehead atoms. The summed E-state index contributed by atoms with van der Waals surface area (Å²) < 4.78 is 14.7. The SMILES string of the molecule is O=C(C1CCN(c2ccc(-c3cn[nH]c3)cc2F)CC1)N1CC2CCCC2C1. The van der Waals surface area contributed by atoms with Gasteiger partial charge in [-0.15, -0.1) is 0 Å². The van der Waals surface area contributed by atoms with Crippen LogP contribution in [-0.4, -0.2) is 47.2 Å². The molecule has 0 radical (unpaired) electrons. The third kappa shape index (κ3) is 3.19. The number of rotatable bonds is 3. The fraction of sp³-hybridized carbons (Fsp3) is 0.545. The molecule has 3 fully saturated rings. The van der Waals surface area contributed by atoms with Gasteiger partial charge in [0.05, 0.1) is 11.9 Å². The van der Waals surface area contributed by atoms with Crippen molar-refractivity contribution in [3.63, 3.8) is 0 Å². The van der Waals surface area contributed by atoms with E-state index >= 15 is 0 Å². The molecule has 5 rings (SSSR count). The number of amides is 1. The average molecular weight is 382 g/mol. The van der Waals surface area contributed by atoms with Gasteiger partial charge in [-0.25, -0.2) is 4.39 Å². The standard InChI is InChI=1S/C22H27FN4O/c23-20-10-16(19-11-24-25-12-19)4-5-21(20)26-8-6-15(7-9-26)22(28)27-13-17-2-1-3-18(17)14-27/h4-5,10-12,15,17-18H,1-3,6-9,13-14H2,(H,24,25). The van der Waals surface area contributed by atoms with Gasteiger partial charge in [0.15, 0.2) is 0 Å². The van der Waals surface area contributed by atoms with E-state index in [-0.39, 0.29) is 11.7 Å². The number of anilines is 1. The van der Waals surface area contributed by atoms with Gasteiger partial charge in [-0.3, -0.25) is 9.89 Å². The number of hydrogen-bond donors (Lipinski definition) is 1. The van der Waals surface area contributed by atoms with Gasteiger partial charge in [0, 0.05) is 43.9 Å². The van der Waals surface area contributed by atoms with Crippen LogP contribution in [0.25, 0.3) is 11.1 Å². The molecule has 148 valence electrons. The molecule has 5 nitrogen and oxygen atoms in total. The number of carbonyl (C=O) groups is 1. The van der Waals surface area contributed by atoms with Crippen molar-refractivity contribution < 1.29 is 9.18 Å². The number of carbonyl (C=O) groups excluding carboxylic acids is 1. The Kier molecular flexibility index (Phi) is 4.57. The normalized spacial score (nSPS) is 25.3. The molecule has 28 heavy (non-hydrogen) atoms. The van der Waals surface area contributed by atoms with Crippen LogP contribution in [0.4, 0.5) is 10.1 Å². The summed E-state index contributed by atoms with van der Waals surface area (Å²) in [5.74, 6) is 1.71. The highest BCUT2D eigenvalue weighted by Crippen LogP contribution is 2.39. The van der Waals surface area contributed by atoms with E-state index in [0.29, 0.717) is 11.6 Å². The van der Waals surface area contributed by atoms with Gasteiger partial charge in [-0.1, -0.05) is 12.5 Å². The average Bonchev–Trinajstić information content (AvgIpc) is 3.45. The molecule has 6 heteroatoms. The Morgan fingerprint density at radius 3 is 2.46 bits per heavy atom. The maximum absolute atomic E-state index is 14.7. The van der Waals surface area contributed by atoms with Gasteiger partial charge in [0.25, 0.3) is 0 Å². The molecule has 3 aliphatic rings. The van der Waals surface area contributed by atoms with Crippen molar-refractivity contribution in [1.29, 1.82) is 0 Å². The largest absolute Gasteiger partial charge is 0.369 e. The second-order valence-electron chi connectivity index (χ2n) is 8.61. The third-order valence-corrected chi connectivity index (χ3v) is 7.00. The first-order chi connectivity index (χ1) is 13.7. The van der Waals surface area contributed by atoms with Crippen molar-refractivity contribution in [2.45, 2.75) is 32.1 Å². The van der Waals surface area contributed by atoms with Crippen molar-refractivity contribution in [3.8, 4) is 11.1 Å². The lowest BCUT2D eigenvalue weighted by molar-refractivity contribution is -0.135. The summed E-state index contributed by atoms with van der Waals surface area (Å²) in [6.45, 7) is 3.40. The minimum atomic E-state index is -0.212. The van der Waals surface area contributed by atoms with Crippen molar-refractivity contribution in [1.82, 2.24) is 15.1 Å². The fourth-order valence-corrected chi connectivity index (χ4v) is 5.39.